The zero-order valence-corrected chi connectivity index (χ0v) is 13.9. The first-order valence-corrected chi connectivity index (χ1v) is 6.62. The van der Waals surface area contributed by atoms with Crippen LogP contribution in [0.25, 0.3) is 0 Å². The van der Waals surface area contributed by atoms with E-state index in [2.05, 4.69) is 15.5 Å². The van der Waals surface area contributed by atoms with Crippen molar-refractivity contribution < 1.29 is 9.53 Å². The van der Waals surface area contributed by atoms with Crippen LogP contribution in [-0.4, -0.2) is 23.2 Å². The van der Waals surface area contributed by atoms with Gasteiger partial charge < -0.3 is 15.8 Å². The summed E-state index contributed by atoms with van der Waals surface area (Å²) in [6, 6.07) is 6.83. The first-order valence-electron chi connectivity index (χ1n) is 6.62. The highest BCUT2D eigenvalue weighted by molar-refractivity contribution is 6.03. The zero-order chi connectivity index (χ0) is 15.6. The van der Waals surface area contributed by atoms with Gasteiger partial charge in [0.15, 0.2) is 5.69 Å². The van der Waals surface area contributed by atoms with E-state index in [1.807, 2.05) is 20.8 Å². The number of nitrogens with two attached hydrogens (primary N) is 1. The van der Waals surface area contributed by atoms with Crippen molar-refractivity contribution in [2.45, 2.75) is 26.2 Å². The Morgan fingerprint density at radius 3 is 2.50 bits per heavy atom. The maximum Gasteiger partial charge on any atom is 0.276 e. The van der Waals surface area contributed by atoms with Crippen LogP contribution in [0.3, 0.4) is 0 Å². The van der Waals surface area contributed by atoms with Crippen LogP contribution in [0.5, 0.6) is 5.75 Å². The van der Waals surface area contributed by atoms with E-state index in [1.54, 1.807) is 31.4 Å². The molecule has 0 atom stereocenters. The summed E-state index contributed by atoms with van der Waals surface area (Å²) in [6.45, 7) is 6.14. The number of rotatable bonds is 3. The summed E-state index contributed by atoms with van der Waals surface area (Å²) < 4.78 is 5.08. The Labute approximate surface area is 135 Å². The fourth-order valence-corrected chi connectivity index (χ4v) is 1.83. The lowest BCUT2D eigenvalue weighted by atomic mass is 9.92. The average Bonchev–Trinajstić information content (AvgIpc) is 2.88. The Morgan fingerprint density at radius 1 is 1.32 bits per heavy atom. The van der Waals surface area contributed by atoms with Crippen molar-refractivity contribution >= 4 is 29.7 Å². The SMILES string of the molecule is COc1ccc(NC(=O)c2cc(C(C)(C)C)[nH]n2)cc1N.Cl. The lowest BCUT2D eigenvalue weighted by molar-refractivity contribution is 0.102. The second kappa shape index (κ2) is 6.70. The van der Waals surface area contributed by atoms with Crippen molar-refractivity contribution in [1.82, 2.24) is 10.2 Å². The fourth-order valence-electron chi connectivity index (χ4n) is 1.83. The molecule has 120 valence electrons. The summed E-state index contributed by atoms with van der Waals surface area (Å²) in [4.78, 5) is 12.2. The van der Waals surface area contributed by atoms with Crippen molar-refractivity contribution in [3.63, 3.8) is 0 Å². The quantitative estimate of drug-likeness (QED) is 0.757. The normalized spacial score (nSPS) is 10.7. The van der Waals surface area contributed by atoms with Gasteiger partial charge in [-0.2, -0.15) is 5.10 Å². The van der Waals surface area contributed by atoms with Crippen LogP contribution in [0.4, 0.5) is 11.4 Å². The van der Waals surface area contributed by atoms with Gasteiger partial charge in [0.2, 0.25) is 0 Å². The highest BCUT2D eigenvalue weighted by Gasteiger charge is 2.19. The van der Waals surface area contributed by atoms with Crippen LogP contribution in [0, 0.1) is 0 Å². The van der Waals surface area contributed by atoms with Gasteiger partial charge in [0.1, 0.15) is 5.75 Å². The number of halogens is 1. The Hall–Kier alpha value is -2.21. The molecule has 1 aromatic carbocycles. The number of aromatic nitrogens is 2. The molecule has 0 aliphatic rings. The van der Waals surface area contributed by atoms with Gasteiger partial charge >= 0.3 is 0 Å². The van der Waals surface area contributed by atoms with E-state index in [0.29, 0.717) is 22.8 Å². The smallest absolute Gasteiger partial charge is 0.276 e. The number of methoxy groups -OCH3 is 1. The summed E-state index contributed by atoms with van der Waals surface area (Å²) in [7, 11) is 1.54. The molecule has 2 rings (SSSR count). The molecule has 1 amide bonds. The molecule has 6 nitrogen and oxygen atoms in total. The predicted octanol–water partition coefficient (Wildman–Crippen LogP) is 2.97. The standard InChI is InChI=1S/C15H20N4O2.ClH/c1-15(2,3)13-8-11(18-19-13)14(20)17-9-5-6-12(21-4)10(16)7-9;/h5-8H,16H2,1-4H3,(H,17,20)(H,18,19);1H. The largest absolute Gasteiger partial charge is 0.495 e. The summed E-state index contributed by atoms with van der Waals surface area (Å²) in [5, 5.41) is 9.69. The molecule has 0 spiro atoms. The molecule has 4 N–H and O–H groups in total. The van der Waals surface area contributed by atoms with Crippen LogP contribution < -0.4 is 15.8 Å². The Bertz CT molecular complexity index is 662. The minimum atomic E-state index is -0.286. The Balaban J connectivity index is 0.00000242. The third-order valence-electron chi connectivity index (χ3n) is 3.11. The van der Waals surface area contributed by atoms with Gasteiger partial charge in [-0.3, -0.25) is 9.89 Å². The number of carbonyl (C=O) groups is 1. The molecule has 0 aliphatic carbocycles. The molecule has 22 heavy (non-hydrogen) atoms. The van der Waals surface area contributed by atoms with Crippen molar-refractivity contribution in [3.8, 4) is 5.75 Å². The highest BCUT2D eigenvalue weighted by atomic mass is 35.5. The van der Waals surface area contributed by atoms with Gasteiger partial charge in [-0.15, -0.1) is 12.4 Å². The number of aromatic amines is 1. The molecule has 0 bridgehead atoms. The van der Waals surface area contributed by atoms with E-state index in [-0.39, 0.29) is 23.7 Å². The molecule has 0 radical (unpaired) electrons. The number of hydrogen-bond acceptors (Lipinski definition) is 4. The van der Waals surface area contributed by atoms with Gasteiger partial charge in [0.25, 0.3) is 5.91 Å². The zero-order valence-electron chi connectivity index (χ0n) is 13.1. The lowest BCUT2D eigenvalue weighted by Crippen LogP contribution is -2.13. The number of amides is 1. The first kappa shape index (κ1) is 17.8. The minimum absolute atomic E-state index is 0. The number of carbonyl (C=O) groups excluding carboxylic acids is 1. The Kier molecular flexibility index (Phi) is 5.43. The second-order valence-electron chi connectivity index (χ2n) is 5.83. The molecule has 0 saturated carbocycles. The number of nitrogen functional groups attached to an aromatic ring is 1. The van der Waals surface area contributed by atoms with Crippen LogP contribution in [0.15, 0.2) is 24.3 Å². The summed E-state index contributed by atoms with van der Waals surface area (Å²) >= 11 is 0. The maximum absolute atomic E-state index is 12.2. The average molecular weight is 325 g/mol. The molecule has 0 aliphatic heterocycles. The first-order chi connectivity index (χ1) is 9.81. The molecule has 2 aromatic rings. The number of ether oxygens (including phenoxy) is 1. The monoisotopic (exact) mass is 324 g/mol. The van der Waals surface area contributed by atoms with E-state index in [4.69, 9.17) is 10.5 Å². The molecular formula is C15H21ClN4O2. The van der Waals surface area contributed by atoms with Gasteiger partial charge in [0, 0.05) is 16.8 Å². The van der Waals surface area contributed by atoms with E-state index in [0.717, 1.165) is 5.69 Å². The predicted molar refractivity (Wildman–Crippen MR) is 89.9 cm³/mol. The van der Waals surface area contributed by atoms with Crippen LogP contribution in [-0.2, 0) is 5.41 Å². The van der Waals surface area contributed by atoms with Gasteiger partial charge in [-0.1, -0.05) is 20.8 Å². The highest BCUT2D eigenvalue weighted by Crippen LogP contribution is 2.25. The van der Waals surface area contributed by atoms with Gasteiger partial charge in [-0.25, -0.2) is 0 Å². The number of H-pyrrole nitrogens is 1. The topological polar surface area (TPSA) is 93.0 Å². The van der Waals surface area contributed by atoms with E-state index < -0.39 is 0 Å². The summed E-state index contributed by atoms with van der Waals surface area (Å²) in [5.41, 5.74) is 8.03. The molecule has 0 unspecified atom stereocenters. The van der Waals surface area contributed by atoms with Crippen molar-refractivity contribution in [2.75, 3.05) is 18.2 Å². The minimum Gasteiger partial charge on any atom is -0.495 e. The third kappa shape index (κ3) is 3.92. The number of nitrogens with zero attached hydrogens (tertiary/aromatic N) is 1. The molecule has 1 aromatic heterocycles. The molecule has 7 heteroatoms. The lowest BCUT2D eigenvalue weighted by Gasteiger charge is -2.14. The number of benzene rings is 1. The summed E-state index contributed by atoms with van der Waals surface area (Å²) in [5.74, 6) is 0.286. The van der Waals surface area contributed by atoms with Crippen molar-refractivity contribution in [2.24, 2.45) is 0 Å². The van der Waals surface area contributed by atoms with Crippen LogP contribution >= 0.6 is 12.4 Å². The number of nitrogens with one attached hydrogen (secondary N) is 2. The van der Waals surface area contributed by atoms with Crippen molar-refractivity contribution in [1.29, 1.82) is 0 Å². The van der Waals surface area contributed by atoms with Gasteiger partial charge in [0.05, 0.1) is 12.8 Å². The fraction of sp³-hybridized carbons (Fsp3) is 0.333. The molecule has 1 heterocycles. The van der Waals surface area contributed by atoms with Crippen LogP contribution in [0.2, 0.25) is 0 Å². The second-order valence-corrected chi connectivity index (χ2v) is 5.83. The Morgan fingerprint density at radius 2 is 2.00 bits per heavy atom. The number of hydrogen-bond donors (Lipinski definition) is 3. The van der Waals surface area contributed by atoms with Gasteiger partial charge in [-0.05, 0) is 24.3 Å². The third-order valence-corrected chi connectivity index (χ3v) is 3.11. The van der Waals surface area contributed by atoms with E-state index in [9.17, 15) is 4.79 Å². The molecule has 0 fully saturated rings. The summed E-state index contributed by atoms with van der Waals surface area (Å²) in [6.07, 6.45) is 0. The van der Waals surface area contributed by atoms with E-state index in [1.165, 1.54) is 0 Å². The van der Waals surface area contributed by atoms with Crippen molar-refractivity contribution in [3.05, 3.63) is 35.7 Å². The maximum atomic E-state index is 12.2. The molecular weight excluding hydrogens is 304 g/mol. The van der Waals surface area contributed by atoms with E-state index >= 15 is 0 Å². The molecule has 0 saturated heterocycles. The number of anilines is 2. The van der Waals surface area contributed by atoms with Crippen LogP contribution in [0.1, 0.15) is 37.0 Å².